The zero-order chi connectivity index (χ0) is 24.1. The predicted octanol–water partition coefficient (Wildman–Crippen LogP) is 4.26. The molecule has 3 heterocycles. The van der Waals surface area contributed by atoms with Gasteiger partial charge in [0, 0.05) is 43.0 Å². The van der Waals surface area contributed by atoms with E-state index in [2.05, 4.69) is 39.1 Å². The monoisotopic (exact) mass is 478 g/mol. The van der Waals surface area contributed by atoms with Crippen LogP contribution in [0.1, 0.15) is 29.8 Å². The van der Waals surface area contributed by atoms with E-state index in [0.717, 1.165) is 47.3 Å². The maximum Gasteiger partial charge on any atom is 0.159 e. The molecule has 1 aliphatic heterocycles. The summed E-state index contributed by atoms with van der Waals surface area (Å²) in [6.45, 7) is 2.07. The minimum Gasteiger partial charge on any atom is -0.493 e. The van der Waals surface area contributed by atoms with Crippen molar-refractivity contribution in [3.63, 3.8) is 0 Å². The second-order valence-corrected chi connectivity index (χ2v) is 9.81. The highest BCUT2D eigenvalue weighted by atomic mass is 19.1. The molecule has 2 N–H and O–H groups in total. The Morgan fingerprint density at radius 3 is 2.63 bits per heavy atom. The summed E-state index contributed by atoms with van der Waals surface area (Å²) >= 11 is 0. The number of hydrogen-bond acceptors (Lipinski definition) is 5. The number of ether oxygens (including phenoxy) is 1. The Balaban J connectivity index is 1.13. The molecule has 0 saturated heterocycles. The molecule has 2 aromatic carbocycles. The van der Waals surface area contributed by atoms with Crippen molar-refractivity contribution < 1.29 is 13.5 Å². The molecule has 0 unspecified atom stereocenters. The molecule has 182 valence electrons. The van der Waals surface area contributed by atoms with Gasteiger partial charge in [-0.2, -0.15) is 5.10 Å². The molecule has 2 aliphatic rings. The second-order valence-electron chi connectivity index (χ2n) is 9.81. The SMILES string of the molecule is CN(C)C1CC(N2Cc3nc(-c4n[nH]c5ccc(OCCc6cc(F)cc(F)c6)cc45)[nH]c3C2)C1. The van der Waals surface area contributed by atoms with Crippen LogP contribution in [0.25, 0.3) is 22.4 Å². The van der Waals surface area contributed by atoms with Gasteiger partial charge in [0.25, 0.3) is 0 Å². The lowest BCUT2D eigenvalue weighted by molar-refractivity contribution is 0.0497. The first-order valence-electron chi connectivity index (χ1n) is 12.0. The van der Waals surface area contributed by atoms with E-state index >= 15 is 0 Å². The third-order valence-corrected chi connectivity index (χ3v) is 7.25. The van der Waals surface area contributed by atoms with E-state index in [4.69, 9.17) is 9.72 Å². The van der Waals surface area contributed by atoms with Crippen molar-refractivity contribution in [3.8, 4) is 17.3 Å². The fraction of sp³-hybridized carbons (Fsp3) is 0.385. The van der Waals surface area contributed by atoms with Crippen molar-refractivity contribution in [1.29, 1.82) is 0 Å². The lowest BCUT2D eigenvalue weighted by atomic mass is 9.85. The molecule has 2 aromatic heterocycles. The van der Waals surface area contributed by atoms with Crippen LogP contribution in [0.2, 0.25) is 0 Å². The molecule has 1 aliphatic carbocycles. The summed E-state index contributed by atoms with van der Waals surface area (Å²) < 4.78 is 32.7. The minimum atomic E-state index is -0.580. The lowest BCUT2D eigenvalue weighted by Crippen LogP contribution is -2.50. The molecule has 6 rings (SSSR count). The minimum absolute atomic E-state index is 0.308. The van der Waals surface area contributed by atoms with Gasteiger partial charge < -0.3 is 14.6 Å². The van der Waals surface area contributed by atoms with Gasteiger partial charge in [0.2, 0.25) is 0 Å². The van der Waals surface area contributed by atoms with Crippen molar-refractivity contribution in [3.05, 3.63) is 65.0 Å². The molecule has 35 heavy (non-hydrogen) atoms. The Morgan fingerprint density at radius 2 is 1.89 bits per heavy atom. The van der Waals surface area contributed by atoms with Crippen LogP contribution in [0.15, 0.2) is 36.4 Å². The van der Waals surface area contributed by atoms with Crippen molar-refractivity contribution in [1.82, 2.24) is 30.0 Å². The summed E-state index contributed by atoms with van der Waals surface area (Å²) in [5.74, 6) is 0.266. The van der Waals surface area contributed by atoms with E-state index < -0.39 is 11.6 Å². The lowest BCUT2D eigenvalue weighted by Gasteiger charge is -2.44. The number of aromatic nitrogens is 4. The molecule has 0 bridgehead atoms. The van der Waals surface area contributed by atoms with E-state index in [9.17, 15) is 8.78 Å². The summed E-state index contributed by atoms with van der Waals surface area (Å²) in [6.07, 6.45) is 2.83. The van der Waals surface area contributed by atoms with Crippen LogP contribution in [-0.2, 0) is 19.5 Å². The highest BCUT2D eigenvalue weighted by Gasteiger charge is 2.38. The average molecular weight is 479 g/mol. The molecule has 0 amide bonds. The third kappa shape index (κ3) is 4.30. The third-order valence-electron chi connectivity index (χ3n) is 7.25. The zero-order valence-corrected chi connectivity index (χ0v) is 19.8. The molecule has 7 nitrogen and oxygen atoms in total. The van der Waals surface area contributed by atoms with E-state index in [0.29, 0.717) is 36.4 Å². The first kappa shape index (κ1) is 22.2. The van der Waals surface area contributed by atoms with Gasteiger partial charge in [-0.15, -0.1) is 0 Å². The van der Waals surface area contributed by atoms with Gasteiger partial charge in [0.1, 0.15) is 23.1 Å². The van der Waals surface area contributed by atoms with Crippen molar-refractivity contribution in [2.24, 2.45) is 0 Å². The van der Waals surface area contributed by atoms with Crippen LogP contribution >= 0.6 is 0 Å². The first-order chi connectivity index (χ1) is 16.9. The molecule has 0 atom stereocenters. The molecule has 0 radical (unpaired) electrons. The number of nitrogens with zero attached hydrogens (tertiary/aromatic N) is 4. The van der Waals surface area contributed by atoms with Crippen LogP contribution in [0.3, 0.4) is 0 Å². The first-order valence-corrected chi connectivity index (χ1v) is 12.0. The van der Waals surface area contributed by atoms with Crippen molar-refractivity contribution >= 4 is 10.9 Å². The van der Waals surface area contributed by atoms with Crippen LogP contribution in [0, 0.1) is 11.6 Å². The summed E-state index contributed by atoms with van der Waals surface area (Å²) in [5, 5.41) is 8.48. The maximum absolute atomic E-state index is 13.4. The molecule has 4 aromatic rings. The van der Waals surface area contributed by atoms with E-state index in [-0.39, 0.29) is 0 Å². The van der Waals surface area contributed by atoms with Gasteiger partial charge >= 0.3 is 0 Å². The number of benzene rings is 2. The largest absolute Gasteiger partial charge is 0.493 e. The van der Waals surface area contributed by atoms with E-state index in [1.807, 2.05) is 18.2 Å². The van der Waals surface area contributed by atoms with Crippen LogP contribution in [-0.4, -0.2) is 62.8 Å². The fourth-order valence-electron chi connectivity index (χ4n) is 5.11. The van der Waals surface area contributed by atoms with Gasteiger partial charge in [-0.05, 0) is 62.8 Å². The van der Waals surface area contributed by atoms with Gasteiger partial charge in [-0.3, -0.25) is 10.00 Å². The Hall–Kier alpha value is -3.30. The molecule has 1 fully saturated rings. The maximum atomic E-state index is 13.4. The van der Waals surface area contributed by atoms with Crippen molar-refractivity contribution in [2.75, 3.05) is 20.7 Å². The Bertz CT molecular complexity index is 1330. The van der Waals surface area contributed by atoms with Gasteiger partial charge in [0.05, 0.1) is 23.5 Å². The number of hydrogen-bond donors (Lipinski definition) is 2. The Kier molecular flexibility index (Phi) is 5.53. The zero-order valence-electron chi connectivity index (χ0n) is 19.8. The normalized spacial score (nSPS) is 19.9. The topological polar surface area (TPSA) is 73.1 Å². The smallest absolute Gasteiger partial charge is 0.159 e. The highest BCUT2D eigenvalue weighted by molar-refractivity contribution is 5.92. The number of aromatic amines is 2. The fourth-order valence-corrected chi connectivity index (χ4v) is 5.11. The van der Waals surface area contributed by atoms with E-state index in [1.165, 1.54) is 30.7 Å². The summed E-state index contributed by atoms with van der Waals surface area (Å²) in [6, 6.07) is 10.5. The average Bonchev–Trinajstić information content (AvgIpc) is 3.44. The molecular weight excluding hydrogens is 450 g/mol. The number of nitrogens with one attached hydrogen (secondary N) is 2. The van der Waals surface area contributed by atoms with Gasteiger partial charge in [-0.25, -0.2) is 13.8 Å². The Morgan fingerprint density at radius 1 is 1.09 bits per heavy atom. The quantitative estimate of drug-likeness (QED) is 0.415. The molecule has 9 heteroatoms. The molecule has 0 spiro atoms. The predicted molar refractivity (Wildman–Crippen MR) is 129 cm³/mol. The van der Waals surface area contributed by atoms with Crippen LogP contribution < -0.4 is 4.74 Å². The van der Waals surface area contributed by atoms with Crippen LogP contribution in [0.4, 0.5) is 8.78 Å². The number of H-pyrrole nitrogens is 2. The summed E-state index contributed by atoms with van der Waals surface area (Å²) in [4.78, 5) is 13.2. The van der Waals surface area contributed by atoms with E-state index in [1.54, 1.807) is 0 Å². The standard InChI is InChI=1S/C26H28F2N6O/c1-33(2)18-10-19(11-18)34-13-23-24(14-34)30-26(29-23)25-21-12-20(3-4-22(21)31-32-25)35-6-5-15-7-16(27)9-17(28)8-15/h3-4,7-9,12,18-19H,5-6,10-11,13-14H2,1-2H3,(H,29,30)(H,31,32). The number of rotatable bonds is 7. The summed E-state index contributed by atoms with van der Waals surface area (Å²) in [7, 11) is 4.30. The van der Waals surface area contributed by atoms with Crippen LogP contribution in [0.5, 0.6) is 5.75 Å². The number of imidazole rings is 1. The second kappa shape index (κ2) is 8.73. The molecular formula is C26H28F2N6O. The molecule has 1 saturated carbocycles. The van der Waals surface area contributed by atoms with Gasteiger partial charge in [0.15, 0.2) is 5.82 Å². The number of halogens is 2. The number of fused-ring (bicyclic) bond motifs is 2. The van der Waals surface area contributed by atoms with Crippen molar-refractivity contribution in [2.45, 2.75) is 44.4 Å². The summed E-state index contributed by atoms with van der Waals surface area (Å²) in [5.41, 5.74) is 4.47. The Labute approximate surface area is 202 Å². The van der Waals surface area contributed by atoms with Gasteiger partial charge in [-0.1, -0.05) is 0 Å². The highest BCUT2D eigenvalue weighted by Crippen LogP contribution is 2.36.